The molecule has 0 amide bonds. The number of methoxy groups -OCH3 is 2. The van der Waals surface area contributed by atoms with Crippen molar-refractivity contribution in [3.63, 3.8) is 0 Å². The molecule has 134 valence electrons. The number of ether oxygens (including phenoxy) is 2. The van der Waals surface area contributed by atoms with Crippen LogP contribution in [0.4, 0.5) is 0 Å². The van der Waals surface area contributed by atoms with E-state index in [0.29, 0.717) is 6.42 Å². The van der Waals surface area contributed by atoms with E-state index < -0.39 is 12.0 Å². The number of carbonyl (C=O) groups is 1. The molecular formula is C19H23NO4S. The van der Waals surface area contributed by atoms with Crippen LogP contribution >= 0.6 is 11.3 Å². The molecule has 1 aromatic heterocycles. The van der Waals surface area contributed by atoms with Gasteiger partial charge < -0.3 is 14.6 Å². The van der Waals surface area contributed by atoms with Crippen molar-refractivity contribution in [2.45, 2.75) is 31.8 Å². The molecule has 6 heteroatoms. The van der Waals surface area contributed by atoms with E-state index in [1.165, 1.54) is 4.88 Å². The second kappa shape index (κ2) is 7.45. The fourth-order valence-electron chi connectivity index (χ4n) is 3.51. The summed E-state index contributed by atoms with van der Waals surface area (Å²) >= 11 is 1.69. The smallest absolute Gasteiger partial charge is 0.320 e. The average Bonchev–Trinajstić information content (AvgIpc) is 3.25. The Morgan fingerprint density at radius 2 is 2.08 bits per heavy atom. The van der Waals surface area contributed by atoms with Gasteiger partial charge in [-0.3, -0.25) is 9.69 Å². The number of benzene rings is 1. The monoisotopic (exact) mass is 361 g/mol. The van der Waals surface area contributed by atoms with Crippen molar-refractivity contribution >= 4 is 17.3 Å². The third kappa shape index (κ3) is 3.50. The zero-order valence-corrected chi connectivity index (χ0v) is 15.5. The number of carboxylic acid groups (broad SMARTS) is 1. The summed E-state index contributed by atoms with van der Waals surface area (Å²) in [4.78, 5) is 16.2. The van der Waals surface area contributed by atoms with Crippen molar-refractivity contribution < 1.29 is 19.4 Å². The third-order valence-electron chi connectivity index (χ3n) is 4.67. The Bertz CT molecular complexity index is 758. The van der Waals surface area contributed by atoms with E-state index in [-0.39, 0.29) is 6.04 Å². The van der Waals surface area contributed by atoms with Crippen molar-refractivity contribution in [2.75, 3.05) is 20.8 Å². The highest BCUT2D eigenvalue weighted by Gasteiger charge is 2.38. The van der Waals surface area contributed by atoms with E-state index in [2.05, 4.69) is 24.0 Å². The predicted octanol–water partition coefficient (Wildman–Crippen LogP) is 3.71. The summed E-state index contributed by atoms with van der Waals surface area (Å²) in [6, 6.07) is 9.21. The van der Waals surface area contributed by atoms with Crippen LogP contribution in [0.15, 0.2) is 30.3 Å². The molecule has 0 spiro atoms. The van der Waals surface area contributed by atoms with E-state index in [1.807, 2.05) is 18.2 Å². The van der Waals surface area contributed by atoms with Gasteiger partial charge >= 0.3 is 5.97 Å². The Hall–Kier alpha value is -2.05. The molecule has 1 aliphatic heterocycles. The van der Waals surface area contributed by atoms with Crippen LogP contribution < -0.4 is 9.47 Å². The molecule has 1 aromatic carbocycles. The van der Waals surface area contributed by atoms with Crippen molar-refractivity contribution in [3.8, 4) is 11.5 Å². The van der Waals surface area contributed by atoms with Gasteiger partial charge in [-0.2, -0.15) is 0 Å². The highest BCUT2D eigenvalue weighted by molar-refractivity contribution is 7.12. The summed E-state index contributed by atoms with van der Waals surface area (Å²) in [6.45, 7) is 2.81. The SMILES string of the molecule is COc1ccc(OC)c(C(c2ccc(C)s2)N2CCCC2C(=O)O)c1. The molecule has 1 saturated heterocycles. The van der Waals surface area contributed by atoms with Gasteiger partial charge in [0.2, 0.25) is 0 Å². The van der Waals surface area contributed by atoms with Gasteiger partial charge in [-0.05, 0) is 50.1 Å². The summed E-state index contributed by atoms with van der Waals surface area (Å²) in [5.41, 5.74) is 0.942. The first-order chi connectivity index (χ1) is 12.0. The first kappa shape index (κ1) is 17.8. The minimum absolute atomic E-state index is 0.160. The van der Waals surface area contributed by atoms with Gasteiger partial charge in [-0.15, -0.1) is 11.3 Å². The number of carboxylic acids is 1. The van der Waals surface area contributed by atoms with E-state index in [0.717, 1.165) is 34.9 Å². The molecule has 2 atom stereocenters. The predicted molar refractivity (Wildman–Crippen MR) is 97.8 cm³/mol. The Balaban J connectivity index is 2.13. The summed E-state index contributed by atoms with van der Waals surface area (Å²) in [5, 5.41) is 9.66. The molecule has 0 aliphatic carbocycles. The number of rotatable bonds is 6. The van der Waals surface area contributed by atoms with E-state index in [4.69, 9.17) is 9.47 Å². The lowest BCUT2D eigenvalue weighted by molar-refractivity contribution is -0.142. The van der Waals surface area contributed by atoms with Crippen molar-refractivity contribution in [1.82, 2.24) is 4.90 Å². The van der Waals surface area contributed by atoms with Crippen LogP contribution in [0.2, 0.25) is 0 Å². The first-order valence-electron chi connectivity index (χ1n) is 8.32. The van der Waals surface area contributed by atoms with Crippen LogP contribution in [0.3, 0.4) is 0 Å². The fourth-order valence-corrected chi connectivity index (χ4v) is 4.53. The zero-order valence-electron chi connectivity index (χ0n) is 14.7. The van der Waals surface area contributed by atoms with E-state index >= 15 is 0 Å². The van der Waals surface area contributed by atoms with Gasteiger partial charge in [0.15, 0.2) is 0 Å². The molecule has 0 saturated carbocycles. The normalized spacial score (nSPS) is 18.9. The molecule has 2 heterocycles. The molecule has 25 heavy (non-hydrogen) atoms. The lowest BCUT2D eigenvalue weighted by atomic mass is 10.0. The zero-order chi connectivity index (χ0) is 18.0. The molecule has 5 nitrogen and oxygen atoms in total. The number of thiophene rings is 1. The standard InChI is InChI=1S/C19H23NO4S/c1-12-6-9-17(25-12)18(20-10-4-5-15(20)19(21)22)14-11-13(23-2)7-8-16(14)24-3/h6-9,11,15,18H,4-5,10H2,1-3H3,(H,21,22). The average molecular weight is 361 g/mol. The van der Waals surface area contributed by atoms with Gasteiger partial charge in [0, 0.05) is 21.9 Å². The minimum atomic E-state index is -0.766. The van der Waals surface area contributed by atoms with Crippen molar-refractivity contribution in [2.24, 2.45) is 0 Å². The lowest BCUT2D eigenvalue weighted by Crippen LogP contribution is -2.39. The maximum Gasteiger partial charge on any atom is 0.320 e. The number of aryl methyl sites for hydroxylation is 1. The number of hydrogen-bond donors (Lipinski definition) is 1. The van der Waals surface area contributed by atoms with E-state index in [1.54, 1.807) is 25.6 Å². The molecule has 1 aliphatic rings. The molecule has 1 N–H and O–H groups in total. The van der Waals surface area contributed by atoms with Crippen LogP contribution in [0.1, 0.15) is 34.2 Å². The topological polar surface area (TPSA) is 59.0 Å². The van der Waals surface area contributed by atoms with Crippen LogP contribution in [-0.4, -0.2) is 42.8 Å². The fraction of sp³-hybridized carbons (Fsp3) is 0.421. The maximum atomic E-state index is 11.8. The third-order valence-corrected chi connectivity index (χ3v) is 5.73. The maximum absolute atomic E-state index is 11.8. The summed E-state index contributed by atoms with van der Waals surface area (Å²) < 4.78 is 11.0. The van der Waals surface area contributed by atoms with Crippen molar-refractivity contribution in [1.29, 1.82) is 0 Å². The summed E-state index contributed by atoms with van der Waals surface area (Å²) in [6.07, 6.45) is 1.55. The Labute approximate surface area is 151 Å². The second-order valence-corrected chi connectivity index (χ2v) is 7.51. The summed E-state index contributed by atoms with van der Waals surface area (Å²) in [7, 11) is 3.27. The highest BCUT2D eigenvalue weighted by atomic mass is 32.1. The lowest BCUT2D eigenvalue weighted by Gasteiger charge is -2.32. The van der Waals surface area contributed by atoms with E-state index in [9.17, 15) is 9.90 Å². The van der Waals surface area contributed by atoms with Crippen LogP contribution in [0, 0.1) is 6.92 Å². The quantitative estimate of drug-likeness (QED) is 0.850. The number of likely N-dealkylation sites (tertiary alicyclic amines) is 1. The summed E-state index contributed by atoms with van der Waals surface area (Å²) in [5.74, 6) is 0.714. The molecule has 2 aromatic rings. The van der Waals surface area contributed by atoms with Gasteiger partial charge in [-0.25, -0.2) is 0 Å². The van der Waals surface area contributed by atoms with Gasteiger partial charge in [0.25, 0.3) is 0 Å². The van der Waals surface area contributed by atoms with Gasteiger partial charge in [-0.1, -0.05) is 0 Å². The number of aliphatic carboxylic acids is 1. The Morgan fingerprint density at radius 3 is 2.68 bits per heavy atom. The van der Waals surface area contributed by atoms with Crippen LogP contribution in [-0.2, 0) is 4.79 Å². The Kier molecular flexibility index (Phi) is 5.30. The molecular weight excluding hydrogens is 338 g/mol. The number of nitrogens with zero attached hydrogens (tertiary/aromatic N) is 1. The minimum Gasteiger partial charge on any atom is -0.497 e. The molecule has 0 bridgehead atoms. The second-order valence-electron chi connectivity index (χ2n) is 6.19. The Morgan fingerprint density at radius 1 is 1.28 bits per heavy atom. The molecule has 2 unspecified atom stereocenters. The van der Waals surface area contributed by atoms with Crippen LogP contribution in [0.5, 0.6) is 11.5 Å². The highest BCUT2D eigenvalue weighted by Crippen LogP contribution is 2.42. The van der Waals surface area contributed by atoms with Gasteiger partial charge in [0.1, 0.15) is 17.5 Å². The molecule has 0 radical (unpaired) electrons. The largest absolute Gasteiger partial charge is 0.497 e. The molecule has 3 rings (SSSR count). The molecule has 1 fully saturated rings. The van der Waals surface area contributed by atoms with Gasteiger partial charge in [0.05, 0.1) is 20.3 Å². The van der Waals surface area contributed by atoms with Crippen LogP contribution in [0.25, 0.3) is 0 Å². The number of hydrogen-bond acceptors (Lipinski definition) is 5. The first-order valence-corrected chi connectivity index (χ1v) is 9.13. The van der Waals surface area contributed by atoms with Crippen molar-refractivity contribution in [3.05, 3.63) is 45.6 Å².